The molecule has 1 aliphatic heterocycles. The van der Waals surface area contributed by atoms with E-state index in [-0.39, 0.29) is 0 Å². The average molecular weight is 285 g/mol. The van der Waals surface area contributed by atoms with E-state index in [1.807, 2.05) is 0 Å². The third-order valence-corrected chi connectivity index (χ3v) is 3.98. The van der Waals surface area contributed by atoms with E-state index < -0.39 is 0 Å². The molecule has 0 aromatic heterocycles. The maximum Gasteiger partial charge on any atom is 0.0201 e. The smallest absolute Gasteiger partial charge is 0.0201 e. The van der Waals surface area contributed by atoms with Crippen LogP contribution in [0.25, 0.3) is 0 Å². The van der Waals surface area contributed by atoms with Gasteiger partial charge in [-0.1, -0.05) is 13.8 Å². The Morgan fingerprint density at radius 2 is 2.27 bits per heavy atom. The van der Waals surface area contributed by atoms with Crippen LogP contribution in [0, 0.1) is 0 Å². The number of hydrogen-bond acceptors (Lipinski definition) is 2. The summed E-state index contributed by atoms with van der Waals surface area (Å²) in [6.07, 6.45) is 2.80. The highest BCUT2D eigenvalue weighted by Gasteiger charge is 2.18. The van der Waals surface area contributed by atoms with Gasteiger partial charge in [0, 0.05) is 41.2 Å². The highest BCUT2D eigenvalue weighted by atomic mass is 127. The molecule has 66 valence electrons. The number of rotatable bonds is 2. The molecule has 0 radical (unpaired) electrons. The number of hydrogen-bond donors (Lipinski definition) is 0. The minimum absolute atomic E-state index is 0.794. The van der Waals surface area contributed by atoms with Crippen LogP contribution in [0.3, 0.4) is 0 Å². The van der Waals surface area contributed by atoms with Crippen LogP contribution >= 0.6 is 34.6 Å². The van der Waals surface area contributed by atoms with Crippen molar-refractivity contribution in [3.63, 3.8) is 0 Å². The summed E-state index contributed by atoms with van der Waals surface area (Å²) in [4.78, 5) is 0. The monoisotopic (exact) mass is 285 g/mol. The fourth-order valence-electron chi connectivity index (χ4n) is 1.39. The molecule has 0 aromatic rings. The molecule has 0 amide bonds. The lowest BCUT2D eigenvalue weighted by molar-refractivity contribution is 0.416. The summed E-state index contributed by atoms with van der Waals surface area (Å²) in [6, 6.07) is 0. The highest BCUT2D eigenvalue weighted by molar-refractivity contribution is 14.1. The van der Waals surface area contributed by atoms with Gasteiger partial charge in [0.15, 0.2) is 0 Å². The van der Waals surface area contributed by atoms with Gasteiger partial charge in [0.2, 0.25) is 0 Å². The van der Waals surface area contributed by atoms with Crippen molar-refractivity contribution in [1.82, 2.24) is 3.11 Å². The van der Waals surface area contributed by atoms with E-state index in [9.17, 15) is 0 Å². The third kappa shape index (κ3) is 3.99. The topological polar surface area (TPSA) is 3.24 Å². The van der Waals surface area contributed by atoms with Crippen LogP contribution in [0.4, 0.5) is 0 Å². The predicted octanol–water partition coefficient (Wildman–Crippen LogP) is 2.94. The molecule has 11 heavy (non-hydrogen) atoms. The first-order chi connectivity index (χ1) is 5.18. The van der Waals surface area contributed by atoms with Crippen LogP contribution in [0.5, 0.6) is 0 Å². The Bertz CT molecular complexity index is 117. The summed E-state index contributed by atoms with van der Waals surface area (Å²) in [5.41, 5.74) is 0. The van der Waals surface area contributed by atoms with Crippen molar-refractivity contribution in [1.29, 1.82) is 0 Å². The van der Waals surface area contributed by atoms with Gasteiger partial charge in [-0.05, 0) is 18.1 Å². The molecule has 0 unspecified atom stereocenters. The van der Waals surface area contributed by atoms with Crippen LogP contribution < -0.4 is 0 Å². The van der Waals surface area contributed by atoms with Crippen LogP contribution in [0.1, 0.15) is 26.7 Å². The van der Waals surface area contributed by atoms with Crippen molar-refractivity contribution in [2.24, 2.45) is 0 Å². The molecule has 0 saturated carbocycles. The standard InChI is InChI=1S/C8H16INS/c1-7(2)11-8-4-3-5-10(9)6-8/h7-8H,3-6H2,1-2H3/t8-/m0/s1. The number of thioether (sulfide) groups is 1. The maximum absolute atomic E-state index is 2.44. The molecule has 0 N–H and O–H groups in total. The van der Waals surface area contributed by atoms with Crippen LogP contribution in [-0.2, 0) is 0 Å². The Labute approximate surface area is 87.8 Å². The first-order valence-corrected chi connectivity index (χ1v) is 6.15. The first-order valence-electron chi connectivity index (χ1n) is 4.24. The average Bonchev–Trinajstić information content (AvgIpc) is 1.85. The van der Waals surface area contributed by atoms with Crippen LogP contribution in [-0.4, -0.2) is 26.7 Å². The first kappa shape index (κ1) is 10.1. The van der Waals surface area contributed by atoms with Gasteiger partial charge >= 0.3 is 0 Å². The van der Waals surface area contributed by atoms with Gasteiger partial charge < -0.3 is 0 Å². The highest BCUT2D eigenvalue weighted by Crippen LogP contribution is 2.26. The van der Waals surface area contributed by atoms with E-state index >= 15 is 0 Å². The maximum atomic E-state index is 2.44. The van der Waals surface area contributed by atoms with Crippen LogP contribution in [0.2, 0.25) is 0 Å². The van der Waals surface area contributed by atoms with E-state index in [0.717, 1.165) is 10.5 Å². The molecule has 1 aliphatic rings. The molecule has 1 heterocycles. The normalized spacial score (nSPS) is 27.8. The zero-order valence-electron chi connectivity index (χ0n) is 7.22. The van der Waals surface area contributed by atoms with E-state index in [1.165, 1.54) is 25.9 Å². The summed E-state index contributed by atoms with van der Waals surface area (Å²) >= 11 is 4.57. The molecule has 1 nitrogen and oxygen atoms in total. The molecule has 0 bridgehead atoms. The molecule has 1 fully saturated rings. The Balaban J connectivity index is 2.23. The summed E-state index contributed by atoms with van der Waals surface area (Å²) in [7, 11) is 0. The minimum Gasteiger partial charge on any atom is -0.246 e. The zero-order valence-corrected chi connectivity index (χ0v) is 10.2. The molecular weight excluding hydrogens is 269 g/mol. The molecule has 0 aliphatic carbocycles. The van der Waals surface area contributed by atoms with Crippen molar-refractivity contribution < 1.29 is 0 Å². The van der Waals surface area contributed by atoms with Crippen molar-refractivity contribution in [2.45, 2.75) is 37.2 Å². The Morgan fingerprint density at radius 3 is 2.82 bits per heavy atom. The van der Waals surface area contributed by atoms with E-state index in [0.29, 0.717) is 0 Å². The second kappa shape index (κ2) is 4.92. The lowest BCUT2D eigenvalue weighted by atomic mass is 10.2. The van der Waals surface area contributed by atoms with Crippen molar-refractivity contribution >= 4 is 34.6 Å². The zero-order chi connectivity index (χ0) is 8.27. The fraction of sp³-hybridized carbons (Fsp3) is 1.00. The lowest BCUT2D eigenvalue weighted by Gasteiger charge is -2.28. The van der Waals surface area contributed by atoms with Gasteiger partial charge in [0.25, 0.3) is 0 Å². The van der Waals surface area contributed by atoms with Gasteiger partial charge in [-0.3, -0.25) is 0 Å². The second-order valence-electron chi connectivity index (χ2n) is 3.32. The Kier molecular flexibility index (Phi) is 4.53. The molecule has 1 saturated heterocycles. The van der Waals surface area contributed by atoms with Gasteiger partial charge in [0.1, 0.15) is 0 Å². The summed E-state index contributed by atoms with van der Waals surface area (Å²) in [6.45, 7) is 7.15. The van der Waals surface area contributed by atoms with E-state index in [1.54, 1.807) is 0 Å². The molecular formula is C8H16INS. The minimum atomic E-state index is 0.794. The molecule has 1 rings (SSSR count). The number of nitrogens with zero attached hydrogens (tertiary/aromatic N) is 1. The fourth-order valence-corrected chi connectivity index (χ4v) is 3.81. The van der Waals surface area contributed by atoms with E-state index in [4.69, 9.17) is 0 Å². The second-order valence-corrected chi connectivity index (χ2v) is 6.56. The molecule has 0 aromatic carbocycles. The van der Waals surface area contributed by atoms with Crippen molar-refractivity contribution in [3.8, 4) is 0 Å². The van der Waals surface area contributed by atoms with Gasteiger partial charge in [-0.25, -0.2) is 3.11 Å². The Hall–Kier alpha value is 1.04. The van der Waals surface area contributed by atoms with Crippen molar-refractivity contribution in [2.75, 3.05) is 13.1 Å². The number of piperidine rings is 1. The molecule has 0 spiro atoms. The molecule has 1 atom stereocenters. The lowest BCUT2D eigenvalue weighted by Crippen LogP contribution is -2.30. The summed E-state index contributed by atoms with van der Waals surface area (Å²) in [5, 5.41) is 1.68. The van der Waals surface area contributed by atoms with Crippen molar-refractivity contribution in [3.05, 3.63) is 0 Å². The third-order valence-electron chi connectivity index (χ3n) is 1.79. The van der Waals surface area contributed by atoms with E-state index in [2.05, 4.69) is 51.6 Å². The SMILES string of the molecule is CC(C)S[C@H]1CCCN(I)C1. The van der Waals surface area contributed by atoms with Crippen LogP contribution in [0.15, 0.2) is 0 Å². The predicted molar refractivity (Wildman–Crippen MR) is 61.3 cm³/mol. The van der Waals surface area contributed by atoms with Gasteiger partial charge in [-0.15, -0.1) is 0 Å². The summed E-state index contributed by atoms with van der Waals surface area (Å²) < 4.78 is 2.42. The molecule has 3 heteroatoms. The Morgan fingerprint density at radius 1 is 1.55 bits per heavy atom. The van der Waals surface area contributed by atoms with Gasteiger partial charge in [-0.2, -0.15) is 11.8 Å². The summed E-state index contributed by atoms with van der Waals surface area (Å²) in [5.74, 6) is 0. The van der Waals surface area contributed by atoms with Gasteiger partial charge in [0.05, 0.1) is 0 Å². The quantitative estimate of drug-likeness (QED) is 0.567. The number of halogens is 1. The largest absolute Gasteiger partial charge is 0.246 e.